The number of phosphoric ester groups is 2. The van der Waals surface area contributed by atoms with Crippen LogP contribution < -0.4 is 0 Å². The molecule has 17 nitrogen and oxygen atoms in total. The van der Waals surface area contributed by atoms with Crippen molar-refractivity contribution in [3.05, 3.63) is 0 Å². The first-order valence-electron chi connectivity index (χ1n) is 39.4. The summed E-state index contributed by atoms with van der Waals surface area (Å²) in [5.41, 5.74) is 0. The molecule has 3 N–H and O–H groups in total. The summed E-state index contributed by atoms with van der Waals surface area (Å²) in [6.07, 6.45) is 53.1. The van der Waals surface area contributed by atoms with Gasteiger partial charge in [0.1, 0.15) is 19.3 Å². The van der Waals surface area contributed by atoms with Crippen molar-refractivity contribution < 1.29 is 80.2 Å². The second kappa shape index (κ2) is 66.6. The Labute approximate surface area is 581 Å². The Hall–Kier alpha value is -1.94. The summed E-state index contributed by atoms with van der Waals surface area (Å²) in [5, 5.41) is 10.6. The van der Waals surface area contributed by atoms with Crippen LogP contribution in [0.1, 0.15) is 389 Å². The van der Waals surface area contributed by atoms with Gasteiger partial charge in [-0.3, -0.25) is 37.3 Å². The molecule has 7 atom stereocenters. The van der Waals surface area contributed by atoms with Gasteiger partial charge in [0, 0.05) is 25.7 Å². The molecule has 0 heterocycles. The fraction of sp³-hybridized carbons (Fsp3) is 0.947. The third kappa shape index (κ3) is 67.6. The summed E-state index contributed by atoms with van der Waals surface area (Å²) in [7, 11) is -9.90. The maximum absolute atomic E-state index is 13.1. The molecule has 0 bridgehead atoms. The number of carbonyl (C=O) groups excluding carboxylic acids is 4. The molecule has 0 aliphatic heterocycles. The minimum absolute atomic E-state index is 0.105. The van der Waals surface area contributed by atoms with Crippen LogP contribution in [0.5, 0.6) is 0 Å². The van der Waals surface area contributed by atoms with Gasteiger partial charge >= 0.3 is 39.5 Å². The highest BCUT2D eigenvalue weighted by atomic mass is 31.2. The van der Waals surface area contributed by atoms with Gasteiger partial charge in [0.15, 0.2) is 12.2 Å². The zero-order chi connectivity index (χ0) is 70.1. The van der Waals surface area contributed by atoms with E-state index in [0.29, 0.717) is 25.7 Å². The third-order valence-corrected chi connectivity index (χ3v) is 20.3. The predicted octanol–water partition coefficient (Wildman–Crippen LogP) is 22.2. The van der Waals surface area contributed by atoms with E-state index in [1.165, 1.54) is 193 Å². The van der Waals surface area contributed by atoms with Gasteiger partial charge < -0.3 is 33.8 Å². The van der Waals surface area contributed by atoms with Crippen molar-refractivity contribution in [1.82, 2.24) is 0 Å². The van der Waals surface area contributed by atoms with Crippen molar-refractivity contribution in [3.63, 3.8) is 0 Å². The first-order valence-corrected chi connectivity index (χ1v) is 42.4. The molecule has 4 unspecified atom stereocenters. The van der Waals surface area contributed by atoms with Gasteiger partial charge in [0.2, 0.25) is 0 Å². The minimum atomic E-state index is -4.96. The number of aliphatic hydroxyl groups excluding tert-OH is 1. The van der Waals surface area contributed by atoms with Crippen LogP contribution in [0.3, 0.4) is 0 Å². The molecule has 95 heavy (non-hydrogen) atoms. The Kier molecular flexibility index (Phi) is 65.2. The second-order valence-electron chi connectivity index (χ2n) is 28.4. The molecular weight excluding hydrogens is 1250 g/mol. The number of rotatable bonds is 74. The van der Waals surface area contributed by atoms with E-state index in [9.17, 15) is 43.2 Å². The normalized spacial score (nSPS) is 14.6. The van der Waals surface area contributed by atoms with E-state index >= 15 is 0 Å². The highest BCUT2D eigenvalue weighted by Gasteiger charge is 2.30. The SMILES string of the molecule is CCCCCCCC(=O)OC[C@H](COP(=O)(O)OC[C@H](O)COP(=O)(O)OC[C@@H](COC(=O)CCCCCCCCCCCCCC(C)C)OC(=O)CCCCCCCCCCCCCCCCCCCCC(C)CC)OC(=O)CCCCCCCCCCCCC(C)CC. The highest BCUT2D eigenvalue weighted by Crippen LogP contribution is 2.45. The van der Waals surface area contributed by atoms with E-state index in [2.05, 4.69) is 48.5 Å². The monoisotopic (exact) mass is 1400 g/mol. The largest absolute Gasteiger partial charge is 0.472 e. The van der Waals surface area contributed by atoms with Crippen molar-refractivity contribution in [3.8, 4) is 0 Å². The lowest BCUT2D eigenvalue weighted by atomic mass is 9.99. The van der Waals surface area contributed by atoms with E-state index in [-0.39, 0.29) is 25.7 Å². The number of hydrogen-bond acceptors (Lipinski definition) is 15. The van der Waals surface area contributed by atoms with E-state index in [0.717, 1.165) is 114 Å². The summed E-state index contributed by atoms with van der Waals surface area (Å²) in [6, 6.07) is 0. The molecule has 0 spiro atoms. The molecule has 0 aliphatic carbocycles. The lowest BCUT2D eigenvalue weighted by Gasteiger charge is -2.21. The smallest absolute Gasteiger partial charge is 0.462 e. The van der Waals surface area contributed by atoms with Gasteiger partial charge in [-0.15, -0.1) is 0 Å². The van der Waals surface area contributed by atoms with Gasteiger partial charge in [-0.2, -0.15) is 0 Å². The third-order valence-electron chi connectivity index (χ3n) is 18.4. The lowest BCUT2D eigenvalue weighted by molar-refractivity contribution is -0.161. The lowest BCUT2D eigenvalue weighted by Crippen LogP contribution is -2.30. The summed E-state index contributed by atoms with van der Waals surface area (Å²) in [4.78, 5) is 72.5. The van der Waals surface area contributed by atoms with Gasteiger partial charge in [-0.25, -0.2) is 9.13 Å². The zero-order valence-corrected chi connectivity index (χ0v) is 63.9. The molecule has 0 rings (SSSR count). The highest BCUT2D eigenvalue weighted by molar-refractivity contribution is 7.47. The Bertz CT molecular complexity index is 1860. The average Bonchev–Trinajstić information content (AvgIpc) is 2.79. The van der Waals surface area contributed by atoms with E-state index < -0.39 is 97.5 Å². The molecule has 564 valence electrons. The summed E-state index contributed by atoms with van der Waals surface area (Å²) >= 11 is 0. The van der Waals surface area contributed by atoms with E-state index in [4.69, 9.17) is 37.0 Å². The first-order chi connectivity index (χ1) is 45.8. The average molecular weight is 1400 g/mol. The molecule has 0 amide bonds. The van der Waals surface area contributed by atoms with Crippen molar-refractivity contribution in [2.75, 3.05) is 39.6 Å². The molecular formula is C76H148O17P2. The van der Waals surface area contributed by atoms with Crippen LogP contribution in [0.2, 0.25) is 0 Å². The number of phosphoric acid groups is 2. The quantitative estimate of drug-likeness (QED) is 0.0222. The van der Waals surface area contributed by atoms with Gasteiger partial charge in [-0.05, 0) is 43.4 Å². The van der Waals surface area contributed by atoms with Crippen LogP contribution in [0, 0.1) is 17.8 Å². The number of hydrogen-bond donors (Lipinski definition) is 3. The fourth-order valence-corrected chi connectivity index (χ4v) is 13.1. The van der Waals surface area contributed by atoms with Gasteiger partial charge in [-0.1, -0.05) is 337 Å². The summed E-state index contributed by atoms with van der Waals surface area (Å²) in [6.45, 7) is 11.9. The zero-order valence-electron chi connectivity index (χ0n) is 62.1. The molecule has 0 aliphatic rings. The first kappa shape index (κ1) is 93.1. The summed E-state index contributed by atoms with van der Waals surface area (Å²) < 4.78 is 68.3. The predicted molar refractivity (Wildman–Crippen MR) is 386 cm³/mol. The van der Waals surface area contributed by atoms with Crippen molar-refractivity contribution >= 4 is 39.5 Å². The Morgan fingerprint density at radius 3 is 0.800 bits per heavy atom. The van der Waals surface area contributed by atoms with Crippen molar-refractivity contribution in [2.24, 2.45) is 17.8 Å². The fourth-order valence-electron chi connectivity index (χ4n) is 11.5. The van der Waals surface area contributed by atoms with Crippen LogP contribution in [0.4, 0.5) is 0 Å². The minimum Gasteiger partial charge on any atom is -0.462 e. The standard InChI is InChI=1S/C76H148O17P2/c1-8-11-12-40-50-57-73(78)86-63-71(92-75(80)60-53-46-39-33-27-26-30-36-43-49-56-69(7)10-3)65-90-94(82,83)88-61-70(77)62-89-95(84,85)91-66-72(64-87-74(79)58-51-44-37-31-25-21-22-28-34-41-47-54-67(4)5)93-76(81)59-52-45-38-32-24-20-18-16-14-13-15-17-19-23-29-35-42-48-55-68(6)9-2/h67-72,77H,8-66H2,1-7H3,(H,82,83)(H,84,85)/t68?,69?,70-,71+,72+/m0/s1. The molecule has 0 aromatic carbocycles. The molecule has 0 aromatic rings. The second-order valence-corrected chi connectivity index (χ2v) is 31.3. The number of unbranched alkanes of at least 4 members (excludes halogenated alkanes) is 40. The molecule has 0 aromatic heterocycles. The molecule has 0 radical (unpaired) electrons. The molecule has 0 fully saturated rings. The molecule has 0 saturated carbocycles. The van der Waals surface area contributed by atoms with Crippen LogP contribution in [0.25, 0.3) is 0 Å². The number of carbonyl (C=O) groups is 4. The molecule has 19 heteroatoms. The Morgan fingerprint density at radius 1 is 0.305 bits per heavy atom. The number of aliphatic hydroxyl groups is 1. The number of esters is 4. The van der Waals surface area contributed by atoms with E-state index in [1.807, 2.05) is 0 Å². The maximum atomic E-state index is 13.1. The van der Waals surface area contributed by atoms with Crippen LogP contribution >= 0.6 is 15.6 Å². The Morgan fingerprint density at radius 2 is 0.537 bits per heavy atom. The van der Waals surface area contributed by atoms with Crippen LogP contribution in [-0.4, -0.2) is 96.7 Å². The van der Waals surface area contributed by atoms with Crippen LogP contribution in [-0.2, 0) is 65.4 Å². The Balaban J connectivity index is 5.12. The maximum Gasteiger partial charge on any atom is 0.472 e. The number of ether oxygens (including phenoxy) is 4. The van der Waals surface area contributed by atoms with Crippen LogP contribution in [0.15, 0.2) is 0 Å². The van der Waals surface area contributed by atoms with Crippen molar-refractivity contribution in [1.29, 1.82) is 0 Å². The molecule has 0 saturated heterocycles. The van der Waals surface area contributed by atoms with Crippen molar-refractivity contribution in [2.45, 2.75) is 407 Å². The van der Waals surface area contributed by atoms with Gasteiger partial charge in [0.05, 0.1) is 26.4 Å². The van der Waals surface area contributed by atoms with E-state index in [1.54, 1.807) is 0 Å². The topological polar surface area (TPSA) is 237 Å². The van der Waals surface area contributed by atoms with Gasteiger partial charge in [0.25, 0.3) is 0 Å². The summed E-state index contributed by atoms with van der Waals surface area (Å²) in [5.74, 6) is 0.316.